The zero-order chi connectivity index (χ0) is 17.7. The maximum absolute atomic E-state index is 12.4. The number of halogens is 1. The maximum Gasteiger partial charge on any atom is 0.335 e. The quantitative estimate of drug-likeness (QED) is 0.747. The van der Waals surface area contributed by atoms with Gasteiger partial charge in [-0.15, -0.1) is 16.7 Å². The second kappa shape index (κ2) is 7.76. The van der Waals surface area contributed by atoms with Gasteiger partial charge in [-0.3, -0.25) is 4.79 Å². The smallest absolute Gasteiger partial charge is 0.335 e. The third kappa shape index (κ3) is 4.55. The van der Waals surface area contributed by atoms with Gasteiger partial charge in [-0.1, -0.05) is 49.3 Å². The fourth-order valence-electron chi connectivity index (χ4n) is 2.05. The second-order valence-corrected chi connectivity index (χ2v) is 7.71. The van der Waals surface area contributed by atoms with Crippen LogP contribution in [0.15, 0.2) is 40.0 Å². The Bertz CT molecular complexity index is 790. The van der Waals surface area contributed by atoms with E-state index in [1.54, 1.807) is 30.3 Å². The van der Waals surface area contributed by atoms with E-state index in [1.165, 1.54) is 0 Å². The minimum absolute atomic E-state index is 0.0371. The van der Waals surface area contributed by atoms with Crippen LogP contribution < -0.4 is 5.32 Å². The number of aromatic nitrogens is 2. The molecular weight excluding hydrogens is 354 g/mol. The number of benzene rings is 1. The lowest BCUT2D eigenvalue weighted by atomic mass is 10.0. The van der Waals surface area contributed by atoms with E-state index in [-0.39, 0.29) is 23.4 Å². The molecule has 1 amide bonds. The zero-order valence-corrected chi connectivity index (χ0v) is 14.8. The molecule has 9 heteroatoms. The molecule has 1 heterocycles. The molecular formula is C15H18ClN3O4S. The van der Waals surface area contributed by atoms with Crippen LogP contribution in [0.4, 0.5) is 0 Å². The van der Waals surface area contributed by atoms with Crippen LogP contribution in [0.3, 0.4) is 0 Å². The number of carbonyl (C=O) groups is 1. The van der Waals surface area contributed by atoms with Gasteiger partial charge in [0.2, 0.25) is 21.6 Å². The molecule has 24 heavy (non-hydrogen) atoms. The Balaban J connectivity index is 2.23. The molecule has 2 rings (SSSR count). The summed E-state index contributed by atoms with van der Waals surface area (Å²) in [5.74, 6) is -0.897. The van der Waals surface area contributed by atoms with Gasteiger partial charge in [0, 0.05) is 0 Å². The Morgan fingerprint density at radius 3 is 2.50 bits per heavy atom. The molecule has 0 bridgehead atoms. The lowest BCUT2D eigenvalue weighted by molar-refractivity contribution is -0.119. The van der Waals surface area contributed by atoms with Crippen molar-refractivity contribution in [2.75, 3.05) is 5.88 Å². The SMILES string of the molecule is CC(C)[C@H](NC(=O)CCl)c1nnc(S(=O)(=O)Cc2ccccc2)o1. The highest BCUT2D eigenvalue weighted by Gasteiger charge is 2.28. The van der Waals surface area contributed by atoms with E-state index in [1.807, 2.05) is 13.8 Å². The molecule has 0 unspecified atom stereocenters. The normalized spacial score (nSPS) is 13.0. The lowest BCUT2D eigenvalue weighted by Gasteiger charge is -2.17. The molecule has 0 saturated heterocycles. The van der Waals surface area contributed by atoms with E-state index in [0.717, 1.165) is 0 Å². The van der Waals surface area contributed by atoms with Gasteiger partial charge in [-0.05, 0) is 11.5 Å². The third-order valence-corrected chi connectivity index (χ3v) is 4.91. The number of alkyl halides is 1. The van der Waals surface area contributed by atoms with E-state index >= 15 is 0 Å². The Hall–Kier alpha value is -1.93. The molecule has 7 nitrogen and oxygen atoms in total. The predicted molar refractivity (Wildman–Crippen MR) is 88.1 cm³/mol. The highest BCUT2D eigenvalue weighted by molar-refractivity contribution is 7.90. The van der Waals surface area contributed by atoms with Gasteiger partial charge in [-0.25, -0.2) is 8.42 Å². The maximum atomic E-state index is 12.4. The molecule has 1 atom stereocenters. The molecule has 0 aliphatic carbocycles. The van der Waals surface area contributed by atoms with E-state index in [0.29, 0.717) is 5.56 Å². The van der Waals surface area contributed by atoms with Gasteiger partial charge in [0.15, 0.2) is 0 Å². The number of hydrogen-bond donors (Lipinski definition) is 1. The number of sulfone groups is 1. The molecule has 1 aromatic carbocycles. The number of amides is 1. The Morgan fingerprint density at radius 1 is 1.25 bits per heavy atom. The number of nitrogens with one attached hydrogen (secondary N) is 1. The van der Waals surface area contributed by atoms with Crippen molar-refractivity contribution in [3.05, 3.63) is 41.8 Å². The highest BCUT2D eigenvalue weighted by atomic mass is 35.5. The van der Waals surface area contributed by atoms with Crippen molar-refractivity contribution >= 4 is 27.3 Å². The van der Waals surface area contributed by atoms with Crippen LogP contribution in [0.2, 0.25) is 0 Å². The van der Waals surface area contributed by atoms with Crippen LogP contribution in [-0.4, -0.2) is 30.4 Å². The van der Waals surface area contributed by atoms with E-state index in [2.05, 4.69) is 15.5 Å². The second-order valence-electron chi connectivity index (χ2n) is 5.57. The van der Waals surface area contributed by atoms with Crippen molar-refractivity contribution in [2.45, 2.75) is 30.9 Å². The largest absolute Gasteiger partial charge is 0.410 e. The summed E-state index contributed by atoms with van der Waals surface area (Å²) < 4.78 is 30.1. The van der Waals surface area contributed by atoms with Crippen molar-refractivity contribution in [2.24, 2.45) is 5.92 Å². The average Bonchev–Trinajstić information content (AvgIpc) is 3.03. The molecule has 0 aliphatic heterocycles. The number of carbonyl (C=O) groups excluding carboxylic acids is 1. The summed E-state index contributed by atoms with van der Waals surface area (Å²) in [7, 11) is -3.76. The van der Waals surface area contributed by atoms with Crippen LogP contribution >= 0.6 is 11.6 Å². The summed E-state index contributed by atoms with van der Waals surface area (Å²) >= 11 is 5.48. The van der Waals surface area contributed by atoms with Crippen molar-refractivity contribution in [1.82, 2.24) is 15.5 Å². The van der Waals surface area contributed by atoms with Crippen LogP contribution in [-0.2, 0) is 20.4 Å². The third-order valence-electron chi connectivity index (χ3n) is 3.26. The molecule has 0 saturated carbocycles. The molecule has 1 aromatic heterocycles. The summed E-state index contributed by atoms with van der Waals surface area (Å²) in [6.45, 7) is 3.67. The van der Waals surface area contributed by atoms with Gasteiger partial charge in [0.05, 0.1) is 5.75 Å². The number of nitrogens with zero attached hydrogens (tertiary/aromatic N) is 2. The Kier molecular flexibility index (Phi) is 5.95. The van der Waals surface area contributed by atoms with Gasteiger partial charge >= 0.3 is 5.22 Å². The number of hydrogen-bond acceptors (Lipinski definition) is 6. The van der Waals surface area contributed by atoms with Crippen LogP contribution in [0.25, 0.3) is 0 Å². The molecule has 130 valence electrons. The summed E-state index contributed by atoms with van der Waals surface area (Å²) in [5.41, 5.74) is 0.619. The molecule has 0 fully saturated rings. The summed E-state index contributed by atoms with van der Waals surface area (Å²) in [6, 6.07) is 8.10. The van der Waals surface area contributed by atoms with Gasteiger partial charge in [0.25, 0.3) is 0 Å². The van der Waals surface area contributed by atoms with Gasteiger partial charge in [0.1, 0.15) is 11.9 Å². The Morgan fingerprint density at radius 2 is 1.92 bits per heavy atom. The predicted octanol–water partition coefficient (Wildman–Crippen LogP) is 2.10. The molecule has 0 radical (unpaired) electrons. The molecule has 2 aromatic rings. The fourth-order valence-corrected chi connectivity index (χ4v) is 3.26. The van der Waals surface area contributed by atoms with E-state index < -0.39 is 27.0 Å². The lowest BCUT2D eigenvalue weighted by Crippen LogP contribution is -2.32. The monoisotopic (exact) mass is 371 g/mol. The minimum Gasteiger partial charge on any atom is -0.410 e. The van der Waals surface area contributed by atoms with Crippen molar-refractivity contribution in [3.63, 3.8) is 0 Å². The summed E-state index contributed by atoms with van der Waals surface area (Å²) in [5, 5.41) is 9.58. The Labute approximate surface area is 145 Å². The first kappa shape index (κ1) is 18.4. The standard InChI is InChI=1S/C15H18ClN3O4S/c1-10(2)13(17-12(20)8-16)14-18-19-15(23-14)24(21,22)9-11-6-4-3-5-7-11/h3-7,10,13H,8-9H2,1-2H3,(H,17,20)/t13-/m0/s1. The van der Waals surface area contributed by atoms with Crippen molar-refractivity contribution in [3.8, 4) is 0 Å². The first-order valence-electron chi connectivity index (χ1n) is 7.29. The molecule has 0 spiro atoms. The average molecular weight is 372 g/mol. The van der Waals surface area contributed by atoms with E-state index in [9.17, 15) is 13.2 Å². The zero-order valence-electron chi connectivity index (χ0n) is 13.3. The summed E-state index contributed by atoms with van der Waals surface area (Å²) in [6.07, 6.45) is 0. The van der Waals surface area contributed by atoms with E-state index in [4.69, 9.17) is 16.0 Å². The van der Waals surface area contributed by atoms with Crippen LogP contribution in [0.1, 0.15) is 31.3 Å². The summed E-state index contributed by atoms with van der Waals surface area (Å²) in [4.78, 5) is 11.5. The van der Waals surface area contributed by atoms with Gasteiger partial charge < -0.3 is 9.73 Å². The molecule has 1 N–H and O–H groups in total. The molecule has 0 aliphatic rings. The highest BCUT2D eigenvalue weighted by Crippen LogP contribution is 2.23. The fraction of sp³-hybridized carbons (Fsp3) is 0.400. The minimum atomic E-state index is -3.76. The van der Waals surface area contributed by atoms with Crippen LogP contribution in [0.5, 0.6) is 0 Å². The first-order chi connectivity index (χ1) is 11.3. The van der Waals surface area contributed by atoms with Crippen LogP contribution in [0, 0.1) is 5.92 Å². The van der Waals surface area contributed by atoms with Gasteiger partial charge in [-0.2, -0.15) is 0 Å². The first-order valence-corrected chi connectivity index (χ1v) is 9.47. The van der Waals surface area contributed by atoms with Crippen molar-refractivity contribution < 1.29 is 17.6 Å². The van der Waals surface area contributed by atoms with Crippen molar-refractivity contribution in [1.29, 1.82) is 0 Å². The topological polar surface area (TPSA) is 102 Å². The number of rotatable bonds is 7.